The quantitative estimate of drug-likeness (QED) is 0.135. The smallest absolute Gasteiger partial charge is 0.337 e. The van der Waals surface area contributed by atoms with Crippen LogP contribution in [0.2, 0.25) is 10.0 Å². The molecule has 0 aliphatic carbocycles. The molecule has 0 aliphatic heterocycles. The number of carbonyl (C=O) groups is 2. The summed E-state index contributed by atoms with van der Waals surface area (Å²) >= 11 is 13.7. The number of nitrogens with zero attached hydrogens (tertiary/aromatic N) is 2. The van der Waals surface area contributed by atoms with Crippen LogP contribution in [0.4, 0.5) is 21.6 Å². The van der Waals surface area contributed by atoms with Crippen LogP contribution in [0.3, 0.4) is 0 Å². The van der Waals surface area contributed by atoms with Gasteiger partial charge in [0.1, 0.15) is 0 Å². The maximum absolute atomic E-state index is 15.5. The molecule has 0 fully saturated rings. The molecule has 43 heavy (non-hydrogen) atoms. The number of carboxylic acid groups (broad SMARTS) is 1. The van der Waals surface area contributed by atoms with Crippen molar-refractivity contribution in [2.45, 2.75) is 6.54 Å². The van der Waals surface area contributed by atoms with Gasteiger partial charge in [0.25, 0.3) is 0 Å². The predicted molar refractivity (Wildman–Crippen MR) is 165 cm³/mol. The van der Waals surface area contributed by atoms with E-state index in [2.05, 4.69) is 20.6 Å². The Hall–Kier alpha value is -4.99. The number of nitrogens with one attached hydrogen (secondary N) is 2. The lowest BCUT2D eigenvalue weighted by Gasteiger charge is -2.16. The van der Waals surface area contributed by atoms with Crippen LogP contribution >= 0.6 is 23.2 Å². The van der Waals surface area contributed by atoms with E-state index in [1.165, 1.54) is 25.4 Å². The van der Waals surface area contributed by atoms with E-state index in [-0.39, 0.29) is 34.4 Å². The van der Waals surface area contributed by atoms with Crippen LogP contribution in [0, 0.1) is 5.82 Å². The van der Waals surface area contributed by atoms with Gasteiger partial charge < -0.3 is 20.5 Å². The fourth-order valence-electron chi connectivity index (χ4n) is 4.48. The Labute approximate surface area is 256 Å². The van der Waals surface area contributed by atoms with E-state index in [1.807, 2.05) is 0 Å². The molecule has 11 heteroatoms. The van der Waals surface area contributed by atoms with Gasteiger partial charge in [0, 0.05) is 40.7 Å². The van der Waals surface area contributed by atoms with E-state index >= 15 is 4.39 Å². The lowest BCUT2D eigenvalue weighted by Crippen LogP contribution is -2.09. The first-order valence-corrected chi connectivity index (χ1v) is 13.6. The highest BCUT2D eigenvalue weighted by molar-refractivity contribution is 6.39. The van der Waals surface area contributed by atoms with Crippen LogP contribution in [0.5, 0.6) is 5.88 Å². The van der Waals surface area contributed by atoms with Gasteiger partial charge in [-0.05, 0) is 36.4 Å². The first-order chi connectivity index (χ1) is 20.8. The van der Waals surface area contributed by atoms with Gasteiger partial charge in [-0.25, -0.2) is 19.2 Å². The van der Waals surface area contributed by atoms with Gasteiger partial charge in [-0.3, -0.25) is 4.79 Å². The van der Waals surface area contributed by atoms with Crippen molar-refractivity contribution in [3.8, 4) is 28.3 Å². The summed E-state index contributed by atoms with van der Waals surface area (Å²) in [5.74, 6) is -1.59. The monoisotopic (exact) mass is 616 g/mol. The predicted octanol–water partition coefficient (Wildman–Crippen LogP) is 8.13. The molecule has 2 heterocycles. The zero-order valence-electron chi connectivity index (χ0n) is 22.6. The van der Waals surface area contributed by atoms with Gasteiger partial charge in [0.2, 0.25) is 5.88 Å². The molecule has 5 rings (SSSR count). The number of carboxylic acids is 1. The number of carbonyl (C=O) groups excluding carboxylic acids is 1. The number of anilines is 3. The molecule has 216 valence electrons. The molecular weight excluding hydrogens is 594 g/mol. The van der Waals surface area contributed by atoms with Crippen LogP contribution in [0.15, 0.2) is 85.1 Å². The Morgan fingerprint density at radius 1 is 0.930 bits per heavy atom. The molecule has 0 saturated carbocycles. The summed E-state index contributed by atoms with van der Waals surface area (Å²) in [4.78, 5) is 31.4. The van der Waals surface area contributed by atoms with Gasteiger partial charge in [-0.1, -0.05) is 65.7 Å². The van der Waals surface area contributed by atoms with Crippen LogP contribution in [0.25, 0.3) is 22.4 Å². The second-order valence-electron chi connectivity index (χ2n) is 9.21. The number of methoxy groups -OCH3 is 1. The van der Waals surface area contributed by atoms with E-state index < -0.39 is 11.8 Å². The Balaban J connectivity index is 1.43. The lowest BCUT2D eigenvalue weighted by molar-refractivity contribution is 0.0697. The van der Waals surface area contributed by atoms with Gasteiger partial charge >= 0.3 is 5.97 Å². The lowest BCUT2D eigenvalue weighted by atomic mass is 10.00. The molecule has 2 aromatic heterocycles. The number of pyridine rings is 2. The highest BCUT2D eigenvalue weighted by Gasteiger charge is 2.18. The topological polar surface area (TPSA) is 113 Å². The molecule has 0 atom stereocenters. The fourth-order valence-corrected chi connectivity index (χ4v) is 5.08. The van der Waals surface area contributed by atoms with Gasteiger partial charge in [-0.2, -0.15) is 0 Å². The molecule has 3 N–H and O–H groups in total. The Morgan fingerprint density at radius 3 is 2.37 bits per heavy atom. The first kappa shape index (κ1) is 29.5. The van der Waals surface area contributed by atoms with E-state index in [4.69, 9.17) is 27.9 Å². The van der Waals surface area contributed by atoms with Gasteiger partial charge in [0.05, 0.1) is 39.7 Å². The third kappa shape index (κ3) is 6.13. The summed E-state index contributed by atoms with van der Waals surface area (Å²) < 4.78 is 20.7. The van der Waals surface area contributed by atoms with Crippen molar-refractivity contribution in [2.24, 2.45) is 0 Å². The van der Waals surface area contributed by atoms with Crippen molar-refractivity contribution < 1.29 is 23.8 Å². The molecular formula is C32H23Cl2FN4O4. The number of aldehydes is 1. The summed E-state index contributed by atoms with van der Waals surface area (Å²) in [5.41, 5.74) is 3.71. The van der Waals surface area contributed by atoms with Crippen molar-refractivity contribution in [3.05, 3.63) is 118 Å². The molecule has 0 amide bonds. The third-order valence-corrected chi connectivity index (χ3v) is 7.44. The second kappa shape index (κ2) is 12.9. The number of ether oxygens (including phenoxy) is 1. The molecule has 0 spiro atoms. The van der Waals surface area contributed by atoms with Crippen LogP contribution in [-0.2, 0) is 6.54 Å². The maximum atomic E-state index is 15.5. The average molecular weight is 617 g/mol. The Bertz CT molecular complexity index is 1850. The minimum absolute atomic E-state index is 0.0240. The number of halogens is 3. The first-order valence-electron chi connectivity index (χ1n) is 12.9. The van der Waals surface area contributed by atoms with Crippen LogP contribution in [0.1, 0.15) is 26.3 Å². The number of hydrogen-bond acceptors (Lipinski definition) is 7. The van der Waals surface area contributed by atoms with Crippen LogP contribution in [-0.4, -0.2) is 34.4 Å². The zero-order valence-corrected chi connectivity index (χ0v) is 24.1. The Kier molecular flexibility index (Phi) is 8.85. The van der Waals surface area contributed by atoms with Crippen molar-refractivity contribution in [3.63, 3.8) is 0 Å². The number of aromatic carboxylic acids is 1. The number of hydrogen-bond donors (Lipinski definition) is 3. The highest BCUT2D eigenvalue weighted by Crippen LogP contribution is 2.42. The summed E-state index contributed by atoms with van der Waals surface area (Å²) in [6.07, 6.45) is 2.11. The van der Waals surface area contributed by atoms with E-state index in [0.717, 1.165) is 0 Å². The molecule has 0 unspecified atom stereocenters. The van der Waals surface area contributed by atoms with E-state index in [0.29, 0.717) is 50.6 Å². The number of rotatable bonds is 10. The zero-order chi connectivity index (χ0) is 30.5. The summed E-state index contributed by atoms with van der Waals surface area (Å²) in [6.45, 7) is 0.0240. The average Bonchev–Trinajstić information content (AvgIpc) is 3.02. The second-order valence-corrected chi connectivity index (χ2v) is 9.96. The molecule has 0 aliphatic rings. The minimum atomic E-state index is -1.09. The van der Waals surface area contributed by atoms with E-state index in [9.17, 15) is 14.7 Å². The normalized spacial score (nSPS) is 10.7. The third-order valence-electron chi connectivity index (χ3n) is 6.62. The van der Waals surface area contributed by atoms with Gasteiger partial charge in [-0.15, -0.1) is 0 Å². The van der Waals surface area contributed by atoms with Crippen molar-refractivity contribution >= 4 is 52.6 Å². The minimum Gasteiger partial charge on any atom is -0.480 e. The SMILES string of the molecule is COc1nc(-c2cccc(-c3cccc(Nc4nccc(CNc5ccccc5C(=O)O)c4F)c3Cl)c2Cl)ccc1C=O. The van der Waals surface area contributed by atoms with Crippen molar-refractivity contribution in [1.29, 1.82) is 0 Å². The number of para-hydroxylation sites is 1. The van der Waals surface area contributed by atoms with Gasteiger partial charge in [0.15, 0.2) is 17.9 Å². The molecule has 3 aromatic carbocycles. The highest BCUT2D eigenvalue weighted by atomic mass is 35.5. The molecule has 5 aromatic rings. The summed E-state index contributed by atoms with van der Waals surface area (Å²) in [5, 5.41) is 16.0. The summed E-state index contributed by atoms with van der Waals surface area (Å²) in [7, 11) is 1.43. The standard InChI is InChI=1S/C32H23Cl2FN4O4/c1-43-31-19(17-40)12-13-25(39-31)22-9-4-7-20(27(22)33)21-8-5-11-26(28(21)34)38-30-29(35)18(14-15-36-30)16-37-24-10-3-2-6-23(24)32(41)42/h2-15,17,37H,16H2,1H3,(H,36,38)(H,41,42). The molecule has 0 bridgehead atoms. The summed E-state index contributed by atoms with van der Waals surface area (Å²) in [6, 6.07) is 21.8. The van der Waals surface area contributed by atoms with Crippen molar-refractivity contribution in [2.75, 3.05) is 17.7 Å². The molecule has 0 radical (unpaired) electrons. The van der Waals surface area contributed by atoms with Crippen LogP contribution < -0.4 is 15.4 Å². The molecule has 8 nitrogen and oxygen atoms in total. The number of benzene rings is 3. The maximum Gasteiger partial charge on any atom is 0.337 e. The fraction of sp³-hybridized carbons (Fsp3) is 0.0625. The number of aromatic nitrogens is 2. The Morgan fingerprint density at radius 2 is 1.63 bits per heavy atom. The van der Waals surface area contributed by atoms with Crippen molar-refractivity contribution in [1.82, 2.24) is 9.97 Å². The van der Waals surface area contributed by atoms with E-state index in [1.54, 1.807) is 66.7 Å². The largest absolute Gasteiger partial charge is 0.480 e. The molecule has 0 saturated heterocycles.